The van der Waals surface area contributed by atoms with Crippen LogP contribution in [0.25, 0.3) is 0 Å². The van der Waals surface area contributed by atoms with Crippen molar-refractivity contribution in [1.82, 2.24) is 0 Å². The number of rotatable bonds is 6. The van der Waals surface area contributed by atoms with E-state index in [9.17, 15) is 9.18 Å². The van der Waals surface area contributed by atoms with Crippen molar-refractivity contribution in [3.05, 3.63) is 30.1 Å². The van der Waals surface area contributed by atoms with Gasteiger partial charge in [0.2, 0.25) is 5.91 Å². The molecule has 1 unspecified atom stereocenters. The van der Waals surface area contributed by atoms with Crippen LogP contribution in [0.1, 0.15) is 32.1 Å². The van der Waals surface area contributed by atoms with Gasteiger partial charge in [0.05, 0.1) is 12.5 Å². The zero-order chi connectivity index (χ0) is 15.1. The van der Waals surface area contributed by atoms with E-state index in [0.717, 1.165) is 25.9 Å². The molecule has 1 aliphatic rings. The van der Waals surface area contributed by atoms with Gasteiger partial charge < -0.3 is 15.4 Å². The van der Waals surface area contributed by atoms with Crippen molar-refractivity contribution in [3.63, 3.8) is 0 Å². The number of benzene rings is 1. The second kappa shape index (κ2) is 8.10. The first-order valence-corrected chi connectivity index (χ1v) is 7.58. The summed E-state index contributed by atoms with van der Waals surface area (Å²) in [5, 5.41) is 0. The van der Waals surface area contributed by atoms with E-state index in [-0.39, 0.29) is 17.8 Å². The molecule has 1 saturated heterocycles. The second-order valence-corrected chi connectivity index (χ2v) is 5.36. The largest absolute Gasteiger partial charge is 0.378 e. The summed E-state index contributed by atoms with van der Waals surface area (Å²) in [6, 6.07) is 6.00. The Labute approximate surface area is 125 Å². The average molecular weight is 294 g/mol. The molecule has 1 aromatic carbocycles. The Balaban J connectivity index is 2.03. The normalized spacial score (nSPS) is 18.5. The van der Waals surface area contributed by atoms with Crippen LogP contribution >= 0.6 is 0 Å². The highest BCUT2D eigenvalue weighted by atomic mass is 19.1. The maximum atomic E-state index is 13.0. The molecule has 1 atom stereocenters. The van der Waals surface area contributed by atoms with E-state index in [1.54, 1.807) is 17.0 Å². The van der Waals surface area contributed by atoms with Crippen molar-refractivity contribution in [3.8, 4) is 0 Å². The molecule has 0 bridgehead atoms. The number of ether oxygens (including phenoxy) is 1. The minimum Gasteiger partial charge on any atom is -0.378 e. The molecule has 0 saturated carbocycles. The number of carbonyl (C=O) groups excluding carboxylic acids is 1. The van der Waals surface area contributed by atoms with Gasteiger partial charge >= 0.3 is 0 Å². The molecular weight excluding hydrogens is 271 g/mol. The summed E-state index contributed by atoms with van der Waals surface area (Å²) in [4.78, 5) is 14.2. The third kappa shape index (κ3) is 4.79. The number of hydrogen-bond donors (Lipinski definition) is 1. The second-order valence-electron chi connectivity index (χ2n) is 5.36. The van der Waals surface area contributed by atoms with Crippen LogP contribution in [-0.2, 0) is 9.53 Å². The van der Waals surface area contributed by atoms with Crippen LogP contribution < -0.4 is 10.6 Å². The Hall–Kier alpha value is -1.46. The van der Waals surface area contributed by atoms with E-state index in [2.05, 4.69) is 0 Å². The fraction of sp³-hybridized carbons (Fsp3) is 0.562. The van der Waals surface area contributed by atoms with Crippen molar-refractivity contribution >= 4 is 11.6 Å². The molecule has 116 valence electrons. The number of halogens is 1. The van der Waals surface area contributed by atoms with Crippen molar-refractivity contribution in [2.24, 2.45) is 5.73 Å². The lowest BCUT2D eigenvalue weighted by atomic mass is 10.1. The molecule has 1 heterocycles. The van der Waals surface area contributed by atoms with Gasteiger partial charge in [-0.15, -0.1) is 0 Å². The lowest BCUT2D eigenvalue weighted by Gasteiger charge is -2.27. The fourth-order valence-electron chi connectivity index (χ4n) is 2.54. The van der Waals surface area contributed by atoms with Crippen molar-refractivity contribution < 1.29 is 13.9 Å². The monoisotopic (exact) mass is 294 g/mol. The van der Waals surface area contributed by atoms with Gasteiger partial charge in [0.1, 0.15) is 5.82 Å². The summed E-state index contributed by atoms with van der Waals surface area (Å²) >= 11 is 0. The Bertz CT molecular complexity index is 444. The minimum atomic E-state index is -0.305. The van der Waals surface area contributed by atoms with Crippen LogP contribution in [0, 0.1) is 5.82 Å². The molecule has 1 fully saturated rings. The van der Waals surface area contributed by atoms with Gasteiger partial charge in [-0.1, -0.05) is 0 Å². The molecule has 1 aromatic rings. The van der Waals surface area contributed by atoms with E-state index >= 15 is 0 Å². The quantitative estimate of drug-likeness (QED) is 0.877. The summed E-state index contributed by atoms with van der Waals surface area (Å²) in [6.07, 6.45) is 4.21. The Morgan fingerprint density at radius 3 is 2.71 bits per heavy atom. The first-order valence-electron chi connectivity index (χ1n) is 7.58. The standard InChI is InChI=1S/C16H23FN2O2/c17-13-5-7-14(8-6-13)19(10-3-9-18)16(20)12-15-4-1-2-11-21-15/h5-8,15H,1-4,9-12,18H2. The highest BCUT2D eigenvalue weighted by molar-refractivity contribution is 5.93. The van der Waals surface area contributed by atoms with Crippen LogP contribution in [0.3, 0.4) is 0 Å². The van der Waals surface area contributed by atoms with E-state index in [1.165, 1.54) is 12.1 Å². The average Bonchev–Trinajstić information content (AvgIpc) is 2.50. The topological polar surface area (TPSA) is 55.6 Å². The maximum Gasteiger partial charge on any atom is 0.229 e. The van der Waals surface area contributed by atoms with Gasteiger partial charge in [0, 0.05) is 18.8 Å². The van der Waals surface area contributed by atoms with Gasteiger partial charge in [-0.25, -0.2) is 4.39 Å². The summed E-state index contributed by atoms with van der Waals surface area (Å²) < 4.78 is 18.7. The van der Waals surface area contributed by atoms with Gasteiger partial charge in [-0.3, -0.25) is 4.79 Å². The predicted octanol–water partition coefficient (Wildman–Crippen LogP) is 2.47. The van der Waals surface area contributed by atoms with Gasteiger partial charge in [-0.2, -0.15) is 0 Å². The number of carbonyl (C=O) groups is 1. The third-order valence-electron chi connectivity index (χ3n) is 3.70. The number of nitrogens with two attached hydrogens (primary N) is 1. The molecule has 2 rings (SSSR count). The first-order chi connectivity index (χ1) is 10.2. The van der Waals surface area contributed by atoms with Gasteiger partial charge in [0.15, 0.2) is 0 Å². The summed E-state index contributed by atoms with van der Waals surface area (Å²) in [7, 11) is 0. The maximum absolute atomic E-state index is 13.0. The smallest absolute Gasteiger partial charge is 0.229 e. The van der Waals surface area contributed by atoms with Gasteiger partial charge in [0.25, 0.3) is 0 Å². The number of anilines is 1. The molecule has 4 nitrogen and oxygen atoms in total. The highest BCUT2D eigenvalue weighted by Gasteiger charge is 2.22. The van der Waals surface area contributed by atoms with E-state index in [1.807, 2.05) is 0 Å². The highest BCUT2D eigenvalue weighted by Crippen LogP contribution is 2.20. The lowest BCUT2D eigenvalue weighted by Crippen LogP contribution is -2.36. The van der Waals surface area contributed by atoms with E-state index in [4.69, 9.17) is 10.5 Å². The number of amides is 1. The summed E-state index contributed by atoms with van der Waals surface area (Å²) in [5.41, 5.74) is 6.25. The molecule has 0 radical (unpaired) electrons. The third-order valence-corrected chi connectivity index (χ3v) is 3.70. The van der Waals surface area contributed by atoms with Crippen LogP contribution in [0.15, 0.2) is 24.3 Å². The van der Waals surface area contributed by atoms with Crippen LogP contribution in [0.2, 0.25) is 0 Å². The molecule has 0 aliphatic carbocycles. The fourth-order valence-corrected chi connectivity index (χ4v) is 2.54. The Kier molecular flexibility index (Phi) is 6.14. The van der Waals surface area contributed by atoms with Crippen molar-refractivity contribution in [2.45, 2.75) is 38.2 Å². The zero-order valence-electron chi connectivity index (χ0n) is 12.3. The predicted molar refractivity (Wildman–Crippen MR) is 80.6 cm³/mol. The first kappa shape index (κ1) is 15.9. The van der Waals surface area contributed by atoms with Crippen molar-refractivity contribution in [1.29, 1.82) is 0 Å². The summed E-state index contributed by atoms with van der Waals surface area (Å²) in [5.74, 6) is -0.289. The Morgan fingerprint density at radius 1 is 1.33 bits per heavy atom. The SMILES string of the molecule is NCCCN(C(=O)CC1CCCCO1)c1ccc(F)cc1. The molecule has 1 amide bonds. The summed E-state index contributed by atoms with van der Waals surface area (Å²) in [6.45, 7) is 1.80. The molecule has 1 aliphatic heterocycles. The molecule has 0 aromatic heterocycles. The Morgan fingerprint density at radius 2 is 2.10 bits per heavy atom. The molecule has 0 spiro atoms. The molecule has 5 heteroatoms. The molecule has 21 heavy (non-hydrogen) atoms. The van der Waals surface area contributed by atoms with E-state index in [0.29, 0.717) is 31.6 Å². The van der Waals surface area contributed by atoms with E-state index < -0.39 is 0 Å². The van der Waals surface area contributed by atoms with Crippen LogP contribution in [0.4, 0.5) is 10.1 Å². The zero-order valence-corrected chi connectivity index (χ0v) is 12.3. The number of nitrogens with zero attached hydrogens (tertiary/aromatic N) is 1. The molecular formula is C16H23FN2O2. The van der Waals surface area contributed by atoms with Crippen LogP contribution in [-0.4, -0.2) is 31.7 Å². The molecule has 2 N–H and O–H groups in total. The van der Waals surface area contributed by atoms with Gasteiger partial charge in [-0.05, 0) is 56.5 Å². The van der Waals surface area contributed by atoms with Crippen LogP contribution in [0.5, 0.6) is 0 Å². The minimum absolute atomic E-state index is 0.00655. The number of hydrogen-bond acceptors (Lipinski definition) is 3. The van der Waals surface area contributed by atoms with Crippen molar-refractivity contribution in [2.75, 3.05) is 24.6 Å². The lowest BCUT2D eigenvalue weighted by molar-refractivity contribution is -0.122.